The fourth-order valence-electron chi connectivity index (χ4n) is 2.85. The predicted octanol–water partition coefficient (Wildman–Crippen LogP) is 3.48. The molecule has 1 amide bonds. The van der Waals surface area contributed by atoms with Crippen LogP contribution in [0.4, 0.5) is 0 Å². The maximum atomic E-state index is 12.2. The van der Waals surface area contributed by atoms with Crippen molar-refractivity contribution in [3.05, 3.63) is 33.8 Å². The van der Waals surface area contributed by atoms with Crippen LogP contribution in [0.25, 0.3) is 0 Å². The Balaban J connectivity index is 1.58. The van der Waals surface area contributed by atoms with Crippen LogP contribution >= 0.6 is 23.2 Å². The third-order valence-corrected chi connectivity index (χ3v) is 4.80. The first-order valence-electron chi connectivity index (χ1n) is 7.58. The van der Waals surface area contributed by atoms with E-state index in [4.69, 9.17) is 23.2 Å². The summed E-state index contributed by atoms with van der Waals surface area (Å²) in [5.74, 6) is 0.342. The Morgan fingerprint density at radius 1 is 1.29 bits per heavy atom. The zero-order valence-corrected chi connectivity index (χ0v) is 13.5. The summed E-state index contributed by atoms with van der Waals surface area (Å²) >= 11 is 12.2. The fourth-order valence-corrected chi connectivity index (χ4v) is 3.32. The molecule has 114 valence electrons. The summed E-state index contributed by atoms with van der Waals surface area (Å²) in [6, 6.07) is 6.06. The molecule has 0 bridgehead atoms. The number of nitrogens with one attached hydrogen (secondary N) is 1. The van der Waals surface area contributed by atoms with Crippen LogP contribution in [0.2, 0.25) is 10.0 Å². The third-order valence-electron chi connectivity index (χ3n) is 4.21. The first-order valence-corrected chi connectivity index (χ1v) is 8.34. The number of amides is 1. The van der Waals surface area contributed by atoms with Crippen molar-refractivity contribution in [3.63, 3.8) is 0 Å². The highest BCUT2D eigenvalue weighted by molar-refractivity contribution is 6.35. The summed E-state index contributed by atoms with van der Waals surface area (Å²) < 4.78 is 0. The largest absolute Gasteiger partial charge is 0.353 e. The van der Waals surface area contributed by atoms with Gasteiger partial charge in [0.1, 0.15) is 0 Å². The quantitative estimate of drug-likeness (QED) is 0.918. The summed E-state index contributed by atoms with van der Waals surface area (Å²) in [6.45, 7) is 2.62. The average Bonchev–Trinajstić information content (AvgIpc) is 3.26. The molecule has 1 saturated carbocycles. The van der Waals surface area contributed by atoms with Crippen LogP contribution in [0.1, 0.15) is 31.2 Å². The number of carbonyl (C=O) groups excluding carboxylic acids is 1. The molecule has 1 heterocycles. The molecule has 3 rings (SSSR count). The van der Waals surface area contributed by atoms with Crippen molar-refractivity contribution in [2.75, 3.05) is 13.1 Å². The monoisotopic (exact) mass is 326 g/mol. The Morgan fingerprint density at radius 2 is 2.10 bits per heavy atom. The number of piperidine rings is 1. The number of carbonyl (C=O) groups is 1. The molecule has 3 nitrogen and oxygen atoms in total. The number of hydrogen-bond donors (Lipinski definition) is 1. The van der Waals surface area contributed by atoms with Crippen molar-refractivity contribution < 1.29 is 4.79 Å². The van der Waals surface area contributed by atoms with Gasteiger partial charge in [-0.3, -0.25) is 9.69 Å². The van der Waals surface area contributed by atoms with Gasteiger partial charge in [-0.1, -0.05) is 29.3 Å². The van der Waals surface area contributed by atoms with Gasteiger partial charge in [0.2, 0.25) is 5.91 Å². The van der Waals surface area contributed by atoms with E-state index < -0.39 is 0 Å². The number of rotatable bonds is 4. The van der Waals surface area contributed by atoms with E-state index in [9.17, 15) is 4.79 Å². The minimum Gasteiger partial charge on any atom is -0.353 e. The Labute approximate surface area is 135 Å². The minimum atomic E-state index is 0.116. The van der Waals surface area contributed by atoms with Gasteiger partial charge < -0.3 is 5.32 Å². The summed E-state index contributed by atoms with van der Waals surface area (Å²) in [5, 5.41) is 4.48. The second-order valence-corrected chi connectivity index (χ2v) is 6.94. The van der Waals surface area contributed by atoms with Gasteiger partial charge in [0.15, 0.2) is 0 Å². The molecule has 0 unspecified atom stereocenters. The van der Waals surface area contributed by atoms with Crippen LogP contribution in [0.5, 0.6) is 0 Å². The van der Waals surface area contributed by atoms with Crippen molar-refractivity contribution in [2.45, 2.75) is 38.3 Å². The van der Waals surface area contributed by atoms with Crippen LogP contribution in [0.3, 0.4) is 0 Å². The molecule has 1 aliphatic carbocycles. The van der Waals surface area contributed by atoms with Crippen LogP contribution in [-0.2, 0) is 11.3 Å². The summed E-state index contributed by atoms with van der Waals surface area (Å²) in [4.78, 5) is 14.5. The lowest BCUT2D eigenvalue weighted by atomic mass is 9.96. The highest BCUT2D eigenvalue weighted by atomic mass is 35.5. The molecule has 5 heteroatoms. The first kappa shape index (κ1) is 15.1. The van der Waals surface area contributed by atoms with Crippen LogP contribution in [0, 0.1) is 5.92 Å². The number of nitrogens with zero attached hydrogens (tertiary/aromatic N) is 1. The number of hydrogen-bond acceptors (Lipinski definition) is 2. The van der Waals surface area contributed by atoms with E-state index in [2.05, 4.69) is 10.2 Å². The Hall–Kier alpha value is -0.770. The normalized spacial score (nSPS) is 23.0. The van der Waals surface area contributed by atoms with Gasteiger partial charge in [0.05, 0.1) is 5.92 Å². The number of likely N-dealkylation sites (tertiary alicyclic amines) is 1. The van der Waals surface area contributed by atoms with Crippen LogP contribution in [0.15, 0.2) is 18.2 Å². The van der Waals surface area contributed by atoms with E-state index in [-0.39, 0.29) is 11.8 Å². The highest BCUT2D eigenvalue weighted by Crippen LogP contribution is 2.26. The molecular weight excluding hydrogens is 307 g/mol. The zero-order valence-electron chi connectivity index (χ0n) is 11.9. The van der Waals surface area contributed by atoms with Gasteiger partial charge in [-0.25, -0.2) is 0 Å². The SMILES string of the molecule is O=C(NC1CC1)[C@H]1CCCN(Cc2ccc(Cl)cc2Cl)C1. The first-order chi connectivity index (χ1) is 10.1. The molecule has 1 aromatic carbocycles. The summed E-state index contributed by atoms with van der Waals surface area (Å²) in [5.41, 5.74) is 1.07. The predicted molar refractivity (Wildman–Crippen MR) is 85.6 cm³/mol. The van der Waals surface area contributed by atoms with Gasteiger partial charge in [0, 0.05) is 29.2 Å². The third kappa shape index (κ3) is 4.12. The van der Waals surface area contributed by atoms with E-state index in [0.717, 1.165) is 50.9 Å². The van der Waals surface area contributed by atoms with Crippen molar-refractivity contribution in [2.24, 2.45) is 5.92 Å². The van der Waals surface area contributed by atoms with Gasteiger partial charge in [0.25, 0.3) is 0 Å². The molecule has 0 radical (unpaired) electrons. The van der Waals surface area contributed by atoms with Gasteiger partial charge >= 0.3 is 0 Å². The molecule has 0 spiro atoms. The van der Waals surface area contributed by atoms with Crippen molar-refractivity contribution in [1.29, 1.82) is 0 Å². The molecule has 2 aliphatic rings. The maximum absolute atomic E-state index is 12.2. The molecule has 2 fully saturated rings. The Bertz CT molecular complexity index is 531. The Kier molecular flexibility index (Phi) is 4.72. The summed E-state index contributed by atoms with van der Waals surface area (Å²) in [6.07, 6.45) is 4.34. The van der Waals surface area contributed by atoms with Crippen LogP contribution in [-0.4, -0.2) is 29.9 Å². The lowest BCUT2D eigenvalue weighted by Crippen LogP contribution is -2.43. The van der Waals surface area contributed by atoms with Crippen LogP contribution < -0.4 is 5.32 Å². The minimum absolute atomic E-state index is 0.116. The maximum Gasteiger partial charge on any atom is 0.224 e. The Morgan fingerprint density at radius 3 is 2.81 bits per heavy atom. The van der Waals surface area contributed by atoms with Crippen molar-refractivity contribution in [3.8, 4) is 0 Å². The molecule has 0 aromatic heterocycles. The fraction of sp³-hybridized carbons (Fsp3) is 0.562. The second-order valence-electron chi connectivity index (χ2n) is 6.09. The van der Waals surface area contributed by atoms with E-state index in [1.807, 2.05) is 12.1 Å². The van der Waals surface area contributed by atoms with Gasteiger partial charge in [-0.05, 0) is 49.9 Å². The van der Waals surface area contributed by atoms with Gasteiger partial charge in [-0.15, -0.1) is 0 Å². The average molecular weight is 327 g/mol. The van der Waals surface area contributed by atoms with E-state index >= 15 is 0 Å². The van der Waals surface area contributed by atoms with E-state index in [0.29, 0.717) is 16.1 Å². The van der Waals surface area contributed by atoms with E-state index in [1.165, 1.54) is 0 Å². The number of halogens is 2. The molecule has 1 aliphatic heterocycles. The van der Waals surface area contributed by atoms with Crippen molar-refractivity contribution in [1.82, 2.24) is 10.2 Å². The lowest BCUT2D eigenvalue weighted by Gasteiger charge is -2.32. The van der Waals surface area contributed by atoms with E-state index in [1.54, 1.807) is 6.07 Å². The number of benzene rings is 1. The molecule has 21 heavy (non-hydrogen) atoms. The molecular formula is C16H20Cl2N2O. The highest BCUT2D eigenvalue weighted by Gasteiger charge is 2.30. The molecule has 1 atom stereocenters. The molecule has 1 N–H and O–H groups in total. The van der Waals surface area contributed by atoms with Crippen molar-refractivity contribution >= 4 is 29.1 Å². The van der Waals surface area contributed by atoms with Gasteiger partial charge in [-0.2, -0.15) is 0 Å². The zero-order chi connectivity index (χ0) is 14.8. The molecule has 1 aromatic rings. The molecule has 1 saturated heterocycles. The smallest absolute Gasteiger partial charge is 0.224 e. The summed E-state index contributed by atoms with van der Waals surface area (Å²) in [7, 11) is 0. The standard InChI is InChI=1S/C16H20Cl2N2O/c17-13-4-3-11(15(18)8-13)9-20-7-1-2-12(10-20)16(21)19-14-5-6-14/h3-4,8,12,14H,1-2,5-7,9-10H2,(H,19,21)/t12-/m0/s1. The topological polar surface area (TPSA) is 32.3 Å². The second kappa shape index (κ2) is 6.55. The lowest BCUT2D eigenvalue weighted by molar-refractivity contribution is -0.126.